The van der Waals surface area contributed by atoms with Crippen molar-refractivity contribution in [2.45, 2.75) is 26.4 Å². The third-order valence-electron chi connectivity index (χ3n) is 1.58. The van der Waals surface area contributed by atoms with Crippen LogP contribution >= 0.6 is 0 Å². The molecule has 0 saturated carbocycles. The molecular formula is C8H13NO. The van der Waals surface area contributed by atoms with Gasteiger partial charge < -0.3 is 10.1 Å². The van der Waals surface area contributed by atoms with Gasteiger partial charge >= 0.3 is 0 Å². The van der Waals surface area contributed by atoms with Crippen LogP contribution in [0.15, 0.2) is 12.3 Å². The van der Waals surface area contributed by atoms with E-state index in [0.717, 1.165) is 12.1 Å². The number of H-pyrrole nitrogens is 1. The predicted octanol–water partition coefficient (Wildman–Crippen LogP) is 1.25. The van der Waals surface area contributed by atoms with Crippen molar-refractivity contribution >= 4 is 0 Å². The van der Waals surface area contributed by atoms with Gasteiger partial charge in [0.25, 0.3) is 0 Å². The molecule has 1 atom stereocenters. The van der Waals surface area contributed by atoms with E-state index in [2.05, 4.69) is 4.98 Å². The summed E-state index contributed by atoms with van der Waals surface area (Å²) >= 11 is 0. The van der Waals surface area contributed by atoms with Crippen LogP contribution in [-0.4, -0.2) is 16.2 Å². The Morgan fingerprint density at radius 3 is 2.80 bits per heavy atom. The van der Waals surface area contributed by atoms with E-state index in [9.17, 15) is 0 Å². The van der Waals surface area contributed by atoms with Crippen molar-refractivity contribution in [1.82, 2.24) is 4.98 Å². The molecule has 1 aromatic heterocycles. The highest BCUT2D eigenvalue weighted by Crippen LogP contribution is 2.07. The number of aromatic amines is 1. The Kier molecular flexibility index (Phi) is 2.12. The summed E-state index contributed by atoms with van der Waals surface area (Å²) in [6, 6.07) is 2.00. The molecule has 2 nitrogen and oxygen atoms in total. The molecule has 0 radical (unpaired) electrons. The molecule has 0 fully saturated rings. The van der Waals surface area contributed by atoms with Crippen molar-refractivity contribution in [3.05, 3.63) is 23.5 Å². The zero-order valence-corrected chi connectivity index (χ0v) is 6.39. The topological polar surface area (TPSA) is 36.0 Å². The minimum atomic E-state index is -0.241. The molecule has 56 valence electrons. The number of aryl methyl sites for hydroxylation is 1. The van der Waals surface area contributed by atoms with Crippen LogP contribution in [0.5, 0.6) is 0 Å². The minimum Gasteiger partial charge on any atom is -0.393 e. The monoisotopic (exact) mass is 139 g/mol. The number of hydrogen-bond donors (Lipinski definition) is 2. The summed E-state index contributed by atoms with van der Waals surface area (Å²) in [7, 11) is 0. The second-order valence-corrected chi connectivity index (χ2v) is 2.68. The van der Waals surface area contributed by atoms with Gasteiger partial charge in [0.15, 0.2) is 0 Å². The SMILES string of the molecule is Cc1[nH]ccc1CC(C)O. The molecule has 0 aromatic carbocycles. The van der Waals surface area contributed by atoms with Crippen LogP contribution in [0, 0.1) is 6.92 Å². The van der Waals surface area contributed by atoms with Gasteiger partial charge in [-0.3, -0.25) is 0 Å². The fraction of sp³-hybridized carbons (Fsp3) is 0.500. The van der Waals surface area contributed by atoms with Gasteiger partial charge in [-0.1, -0.05) is 0 Å². The first-order valence-electron chi connectivity index (χ1n) is 3.51. The lowest BCUT2D eigenvalue weighted by Crippen LogP contribution is -2.04. The summed E-state index contributed by atoms with van der Waals surface area (Å²) in [6.45, 7) is 3.81. The van der Waals surface area contributed by atoms with E-state index in [1.807, 2.05) is 19.2 Å². The second kappa shape index (κ2) is 2.88. The maximum Gasteiger partial charge on any atom is 0.0553 e. The lowest BCUT2D eigenvalue weighted by Gasteiger charge is -2.01. The Morgan fingerprint density at radius 2 is 2.40 bits per heavy atom. The van der Waals surface area contributed by atoms with Gasteiger partial charge in [-0.25, -0.2) is 0 Å². The molecule has 1 heterocycles. The zero-order valence-electron chi connectivity index (χ0n) is 6.39. The molecule has 1 unspecified atom stereocenters. The van der Waals surface area contributed by atoms with Crippen molar-refractivity contribution in [3.8, 4) is 0 Å². The first kappa shape index (κ1) is 7.35. The third-order valence-corrected chi connectivity index (χ3v) is 1.58. The lowest BCUT2D eigenvalue weighted by molar-refractivity contribution is 0.195. The van der Waals surface area contributed by atoms with Crippen LogP contribution in [0.2, 0.25) is 0 Å². The van der Waals surface area contributed by atoms with Gasteiger partial charge in [-0.05, 0) is 31.9 Å². The average Bonchev–Trinajstić information content (AvgIpc) is 2.15. The van der Waals surface area contributed by atoms with Gasteiger partial charge in [0.05, 0.1) is 6.10 Å². The highest BCUT2D eigenvalue weighted by Gasteiger charge is 2.01. The first-order valence-corrected chi connectivity index (χ1v) is 3.51. The lowest BCUT2D eigenvalue weighted by atomic mass is 10.1. The van der Waals surface area contributed by atoms with Crippen molar-refractivity contribution in [3.63, 3.8) is 0 Å². The Balaban J connectivity index is 2.65. The largest absolute Gasteiger partial charge is 0.393 e. The molecule has 1 rings (SSSR count). The molecule has 0 aliphatic carbocycles. The van der Waals surface area contributed by atoms with Crippen molar-refractivity contribution in [1.29, 1.82) is 0 Å². The molecule has 2 N–H and O–H groups in total. The molecule has 2 heteroatoms. The van der Waals surface area contributed by atoms with Gasteiger partial charge in [0, 0.05) is 11.9 Å². The fourth-order valence-electron chi connectivity index (χ4n) is 1.02. The quantitative estimate of drug-likeness (QED) is 0.635. The standard InChI is InChI=1S/C8H13NO/c1-6(10)5-8-3-4-9-7(8)2/h3-4,6,9-10H,5H2,1-2H3. The van der Waals surface area contributed by atoms with Crippen LogP contribution in [-0.2, 0) is 6.42 Å². The average molecular weight is 139 g/mol. The van der Waals surface area contributed by atoms with Crippen LogP contribution in [0.25, 0.3) is 0 Å². The van der Waals surface area contributed by atoms with E-state index in [1.165, 1.54) is 5.56 Å². The Hall–Kier alpha value is -0.760. The second-order valence-electron chi connectivity index (χ2n) is 2.68. The summed E-state index contributed by atoms with van der Waals surface area (Å²) < 4.78 is 0. The first-order chi connectivity index (χ1) is 4.70. The van der Waals surface area contributed by atoms with Gasteiger partial charge in [0.2, 0.25) is 0 Å². The van der Waals surface area contributed by atoms with Crippen molar-refractivity contribution in [2.75, 3.05) is 0 Å². The van der Waals surface area contributed by atoms with E-state index in [0.29, 0.717) is 0 Å². The number of hydrogen-bond acceptors (Lipinski definition) is 1. The van der Waals surface area contributed by atoms with Crippen LogP contribution in [0.3, 0.4) is 0 Å². The summed E-state index contributed by atoms with van der Waals surface area (Å²) in [5.41, 5.74) is 2.36. The number of aliphatic hydroxyl groups is 1. The number of aliphatic hydroxyl groups excluding tert-OH is 1. The number of rotatable bonds is 2. The smallest absolute Gasteiger partial charge is 0.0553 e. The minimum absolute atomic E-state index is 0.241. The highest BCUT2D eigenvalue weighted by molar-refractivity contribution is 5.19. The summed E-state index contributed by atoms with van der Waals surface area (Å²) in [5, 5.41) is 9.03. The van der Waals surface area contributed by atoms with Crippen LogP contribution < -0.4 is 0 Å². The summed E-state index contributed by atoms with van der Waals surface area (Å²) in [4.78, 5) is 3.06. The van der Waals surface area contributed by atoms with E-state index >= 15 is 0 Å². The Morgan fingerprint density at radius 1 is 1.70 bits per heavy atom. The summed E-state index contributed by atoms with van der Waals surface area (Å²) in [6.07, 6.45) is 2.40. The van der Waals surface area contributed by atoms with E-state index < -0.39 is 0 Å². The molecule has 0 aliphatic heterocycles. The van der Waals surface area contributed by atoms with Gasteiger partial charge in [-0.15, -0.1) is 0 Å². The fourth-order valence-corrected chi connectivity index (χ4v) is 1.02. The molecule has 10 heavy (non-hydrogen) atoms. The maximum absolute atomic E-state index is 9.03. The molecule has 0 saturated heterocycles. The van der Waals surface area contributed by atoms with Crippen molar-refractivity contribution in [2.24, 2.45) is 0 Å². The Labute approximate surface area is 60.9 Å². The molecule has 1 aromatic rings. The zero-order chi connectivity index (χ0) is 7.56. The molecule has 0 spiro atoms. The van der Waals surface area contributed by atoms with Crippen molar-refractivity contribution < 1.29 is 5.11 Å². The van der Waals surface area contributed by atoms with Crippen LogP contribution in [0.1, 0.15) is 18.2 Å². The van der Waals surface area contributed by atoms with Gasteiger partial charge in [-0.2, -0.15) is 0 Å². The molecule has 0 aliphatic rings. The predicted molar refractivity (Wildman–Crippen MR) is 40.9 cm³/mol. The maximum atomic E-state index is 9.03. The Bertz CT molecular complexity index is 203. The normalized spacial score (nSPS) is 13.5. The number of aromatic nitrogens is 1. The van der Waals surface area contributed by atoms with E-state index in [-0.39, 0.29) is 6.10 Å². The molecular weight excluding hydrogens is 126 g/mol. The molecule has 0 bridgehead atoms. The van der Waals surface area contributed by atoms with Crippen LogP contribution in [0.4, 0.5) is 0 Å². The summed E-state index contributed by atoms with van der Waals surface area (Å²) in [5.74, 6) is 0. The third kappa shape index (κ3) is 1.61. The highest BCUT2D eigenvalue weighted by atomic mass is 16.3. The molecule has 0 amide bonds. The van der Waals surface area contributed by atoms with E-state index in [4.69, 9.17) is 5.11 Å². The van der Waals surface area contributed by atoms with Gasteiger partial charge in [0.1, 0.15) is 0 Å². The number of nitrogens with one attached hydrogen (secondary N) is 1. The van der Waals surface area contributed by atoms with E-state index in [1.54, 1.807) is 6.92 Å².